The Bertz CT molecular complexity index is 1160. The Morgan fingerprint density at radius 1 is 1.15 bits per heavy atom. The van der Waals surface area contributed by atoms with Crippen molar-refractivity contribution in [3.63, 3.8) is 0 Å². The fraction of sp³-hybridized carbons (Fsp3) is 0.346. The highest BCUT2D eigenvalue weighted by molar-refractivity contribution is 6.30. The molecule has 2 heterocycles. The molecule has 1 unspecified atom stereocenters. The van der Waals surface area contributed by atoms with Crippen molar-refractivity contribution in [1.82, 2.24) is 14.5 Å². The topological polar surface area (TPSA) is 73.7 Å². The Kier molecular flexibility index (Phi) is 7.53. The van der Waals surface area contributed by atoms with Gasteiger partial charge in [-0.2, -0.15) is 0 Å². The predicted octanol–water partition coefficient (Wildman–Crippen LogP) is 5.53. The molecule has 0 N–H and O–H groups in total. The molecule has 0 radical (unpaired) electrons. The number of hydrogen-bond acceptors (Lipinski definition) is 5. The third kappa shape index (κ3) is 5.42. The maximum absolute atomic E-state index is 12.8. The van der Waals surface area contributed by atoms with E-state index in [0.29, 0.717) is 23.9 Å². The first kappa shape index (κ1) is 23.8. The van der Waals surface area contributed by atoms with E-state index in [1.165, 1.54) is 0 Å². The zero-order valence-corrected chi connectivity index (χ0v) is 20.1. The zero-order chi connectivity index (χ0) is 24.1. The third-order valence-electron chi connectivity index (χ3n) is 5.90. The molecule has 1 amide bonds. The van der Waals surface area contributed by atoms with E-state index in [1.54, 1.807) is 18.0 Å². The number of aryl methyl sites for hydroxylation is 1. The van der Waals surface area contributed by atoms with Gasteiger partial charge >= 0.3 is 12.1 Å². The number of imidazole rings is 1. The van der Waals surface area contributed by atoms with Crippen LogP contribution in [0.4, 0.5) is 4.79 Å². The monoisotopic (exact) mass is 481 g/mol. The van der Waals surface area contributed by atoms with Crippen LogP contribution in [-0.4, -0.2) is 46.2 Å². The standard InChI is InChI=1S/C26H28ClN3O4/c1-3-33-25(31)22-16-30(23-14-21(27)12-11-18(23)2)24(28-22)20-10-7-13-29(15-20)26(32)34-17-19-8-5-4-6-9-19/h4-6,8-9,11-12,14,16,20H,3,7,10,13,15,17H2,1-2H3. The molecule has 1 saturated heterocycles. The summed E-state index contributed by atoms with van der Waals surface area (Å²) < 4.78 is 12.6. The van der Waals surface area contributed by atoms with Gasteiger partial charge in [0.25, 0.3) is 0 Å². The number of rotatable bonds is 6. The average molecular weight is 482 g/mol. The molecule has 178 valence electrons. The molecule has 8 heteroatoms. The first-order chi connectivity index (χ1) is 16.5. The number of carbonyl (C=O) groups is 2. The largest absolute Gasteiger partial charge is 0.461 e. The number of hydrogen-bond donors (Lipinski definition) is 0. The zero-order valence-electron chi connectivity index (χ0n) is 19.4. The Labute approximate surface area is 204 Å². The van der Waals surface area contributed by atoms with E-state index in [1.807, 2.05) is 60.0 Å². The predicted molar refractivity (Wildman–Crippen MR) is 129 cm³/mol. The van der Waals surface area contributed by atoms with Gasteiger partial charge in [-0.25, -0.2) is 14.6 Å². The fourth-order valence-corrected chi connectivity index (χ4v) is 4.35. The van der Waals surface area contributed by atoms with Crippen LogP contribution in [0.15, 0.2) is 54.7 Å². The van der Waals surface area contributed by atoms with E-state index in [2.05, 4.69) is 4.98 Å². The fourth-order valence-electron chi connectivity index (χ4n) is 4.19. The number of ether oxygens (including phenoxy) is 2. The lowest BCUT2D eigenvalue weighted by molar-refractivity contribution is 0.0519. The summed E-state index contributed by atoms with van der Waals surface area (Å²) >= 11 is 6.28. The molecule has 1 aliphatic heterocycles. The van der Waals surface area contributed by atoms with Crippen molar-refractivity contribution < 1.29 is 19.1 Å². The van der Waals surface area contributed by atoms with Crippen LogP contribution in [0.3, 0.4) is 0 Å². The van der Waals surface area contributed by atoms with E-state index >= 15 is 0 Å². The van der Waals surface area contributed by atoms with Crippen LogP contribution < -0.4 is 0 Å². The van der Waals surface area contributed by atoms with E-state index in [4.69, 9.17) is 21.1 Å². The smallest absolute Gasteiger partial charge is 0.410 e. The van der Waals surface area contributed by atoms with Crippen LogP contribution in [0.1, 0.15) is 53.1 Å². The van der Waals surface area contributed by atoms with E-state index in [9.17, 15) is 9.59 Å². The van der Waals surface area contributed by atoms with Gasteiger partial charge in [-0.05, 0) is 49.9 Å². The van der Waals surface area contributed by atoms with Crippen LogP contribution in [0.25, 0.3) is 5.69 Å². The summed E-state index contributed by atoms with van der Waals surface area (Å²) in [7, 11) is 0. The number of benzene rings is 2. The molecular formula is C26H28ClN3O4. The Balaban J connectivity index is 1.58. The van der Waals surface area contributed by atoms with Crippen molar-refractivity contribution in [3.05, 3.63) is 82.4 Å². The molecule has 34 heavy (non-hydrogen) atoms. The van der Waals surface area contributed by atoms with Crippen LogP contribution in [0, 0.1) is 6.92 Å². The minimum absolute atomic E-state index is 0.0698. The van der Waals surface area contributed by atoms with Gasteiger partial charge in [-0.3, -0.25) is 0 Å². The molecule has 1 aliphatic rings. The molecule has 0 bridgehead atoms. The number of nitrogens with zero attached hydrogens (tertiary/aromatic N) is 3. The van der Waals surface area contributed by atoms with Crippen molar-refractivity contribution in [2.45, 2.75) is 39.2 Å². The third-order valence-corrected chi connectivity index (χ3v) is 6.13. The highest BCUT2D eigenvalue weighted by Crippen LogP contribution is 2.31. The number of esters is 1. The summed E-state index contributed by atoms with van der Waals surface area (Å²) in [5.74, 6) is 0.158. The lowest BCUT2D eigenvalue weighted by Crippen LogP contribution is -2.40. The van der Waals surface area contributed by atoms with Gasteiger partial charge < -0.3 is 18.9 Å². The van der Waals surface area contributed by atoms with Gasteiger partial charge in [0.05, 0.1) is 12.3 Å². The molecule has 2 aromatic carbocycles. The first-order valence-electron chi connectivity index (χ1n) is 11.4. The molecule has 4 rings (SSSR count). The first-order valence-corrected chi connectivity index (χ1v) is 11.8. The summed E-state index contributed by atoms with van der Waals surface area (Å²) in [5.41, 5.74) is 3.01. The highest BCUT2D eigenvalue weighted by Gasteiger charge is 2.30. The Hall–Kier alpha value is -3.32. The molecule has 3 aromatic rings. The highest BCUT2D eigenvalue weighted by atomic mass is 35.5. The summed E-state index contributed by atoms with van der Waals surface area (Å²) in [5, 5.41) is 0.590. The van der Waals surface area contributed by atoms with Crippen LogP contribution in [-0.2, 0) is 16.1 Å². The molecule has 1 atom stereocenters. The maximum atomic E-state index is 12.8. The number of likely N-dealkylation sites (tertiary alicyclic amines) is 1. The molecule has 0 spiro atoms. The van der Waals surface area contributed by atoms with Gasteiger partial charge in [0.2, 0.25) is 0 Å². The number of amides is 1. The van der Waals surface area contributed by atoms with Crippen LogP contribution in [0.2, 0.25) is 5.02 Å². The number of halogens is 1. The second kappa shape index (κ2) is 10.7. The number of piperidine rings is 1. The quantitative estimate of drug-likeness (QED) is 0.433. The van der Waals surface area contributed by atoms with Crippen molar-refractivity contribution in [3.8, 4) is 5.69 Å². The summed E-state index contributed by atoms with van der Waals surface area (Å²) in [4.78, 5) is 31.6. The normalized spacial score (nSPS) is 15.7. The lowest BCUT2D eigenvalue weighted by Gasteiger charge is -2.32. The van der Waals surface area contributed by atoms with Crippen molar-refractivity contribution in [2.24, 2.45) is 0 Å². The van der Waals surface area contributed by atoms with Gasteiger partial charge in [0, 0.05) is 30.2 Å². The molecule has 1 aromatic heterocycles. The van der Waals surface area contributed by atoms with E-state index < -0.39 is 5.97 Å². The summed E-state index contributed by atoms with van der Waals surface area (Å²) in [6, 6.07) is 15.2. The second-order valence-corrected chi connectivity index (χ2v) is 8.77. The molecule has 1 fully saturated rings. The average Bonchev–Trinajstić information content (AvgIpc) is 3.30. The van der Waals surface area contributed by atoms with Crippen LogP contribution >= 0.6 is 11.6 Å². The molecular weight excluding hydrogens is 454 g/mol. The lowest BCUT2D eigenvalue weighted by atomic mass is 9.97. The second-order valence-electron chi connectivity index (χ2n) is 8.33. The number of aromatic nitrogens is 2. The number of carbonyl (C=O) groups excluding carboxylic acids is 2. The van der Waals surface area contributed by atoms with Crippen molar-refractivity contribution >= 4 is 23.7 Å². The Morgan fingerprint density at radius 2 is 1.94 bits per heavy atom. The SMILES string of the molecule is CCOC(=O)c1cn(-c2cc(Cl)ccc2C)c(C2CCCN(C(=O)OCc3ccccc3)C2)n1. The van der Waals surface area contributed by atoms with Crippen molar-refractivity contribution in [2.75, 3.05) is 19.7 Å². The Morgan fingerprint density at radius 3 is 2.71 bits per heavy atom. The van der Waals surface area contributed by atoms with Gasteiger partial charge in [-0.15, -0.1) is 0 Å². The van der Waals surface area contributed by atoms with Gasteiger partial charge in [0.15, 0.2) is 5.69 Å². The minimum Gasteiger partial charge on any atom is -0.461 e. The molecule has 7 nitrogen and oxygen atoms in total. The maximum Gasteiger partial charge on any atom is 0.410 e. The molecule has 0 saturated carbocycles. The van der Waals surface area contributed by atoms with Crippen molar-refractivity contribution in [1.29, 1.82) is 0 Å². The summed E-state index contributed by atoms with van der Waals surface area (Å²) in [6.45, 7) is 5.30. The van der Waals surface area contributed by atoms with Gasteiger partial charge in [0.1, 0.15) is 12.4 Å². The van der Waals surface area contributed by atoms with Gasteiger partial charge in [-0.1, -0.05) is 48.0 Å². The van der Waals surface area contributed by atoms with E-state index in [-0.39, 0.29) is 30.9 Å². The van der Waals surface area contributed by atoms with Crippen LogP contribution in [0.5, 0.6) is 0 Å². The summed E-state index contributed by atoms with van der Waals surface area (Å²) in [6.07, 6.45) is 2.98. The van der Waals surface area contributed by atoms with E-state index in [0.717, 1.165) is 29.7 Å². The molecule has 0 aliphatic carbocycles. The minimum atomic E-state index is -0.475.